The van der Waals surface area contributed by atoms with Gasteiger partial charge in [0, 0.05) is 19.4 Å². The van der Waals surface area contributed by atoms with Crippen LogP contribution in [0.3, 0.4) is 0 Å². The molecule has 0 spiro atoms. The molecule has 0 heterocycles. The van der Waals surface area contributed by atoms with Crippen molar-refractivity contribution in [3.05, 3.63) is 30.3 Å². The van der Waals surface area contributed by atoms with Gasteiger partial charge in [0.1, 0.15) is 5.75 Å². The van der Waals surface area contributed by atoms with Gasteiger partial charge in [0.25, 0.3) is 0 Å². The van der Waals surface area contributed by atoms with Crippen LogP contribution in [-0.2, 0) is 19.1 Å². The molecular formula is C53H94N4O5. The monoisotopic (exact) mass is 867 g/mol. The average Bonchev–Trinajstić information content (AvgIpc) is 3.27. The van der Waals surface area contributed by atoms with Gasteiger partial charge < -0.3 is 19.1 Å². The molecule has 0 bridgehead atoms. The van der Waals surface area contributed by atoms with Gasteiger partial charge in [0.05, 0.1) is 13.2 Å². The van der Waals surface area contributed by atoms with Crippen LogP contribution in [0.1, 0.15) is 227 Å². The minimum Gasteiger partial charge on any atom is -0.466 e. The van der Waals surface area contributed by atoms with E-state index in [0.717, 1.165) is 103 Å². The number of benzene rings is 1. The van der Waals surface area contributed by atoms with Crippen molar-refractivity contribution in [3.63, 3.8) is 0 Å². The molecule has 0 saturated heterocycles. The lowest BCUT2D eigenvalue weighted by molar-refractivity contribution is -0.145. The molecule has 0 fully saturated rings. The van der Waals surface area contributed by atoms with E-state index >= 15 is 0 Å². The number of ether oxygens (including phenoxy) is 3. The Labute approximate surface area is 381 Å². The Kier molecular flexibility index (Phi) is 39.6. The van der Waals surface area contributed by atoms with Crippen molar-refractivity contribution in [2.45, 2.75) is 227 Å². The maximum atomic E-state index is 12.5. The Bertz CT molecular complexity index is 1160. The molecule has 0 radical (unpaired) electrons. The molecule has 356 valence electrons. The third kappa shape index (κ3) is 35.4. The Morgan fingerprint density at radius 2 is 0.984 bits per heavy atom. The molecule has 1 rings (SSSR count). The lowest BCUT2D eigenvalue weighted by Crippen LogP contribution is -2.28. The molecule has 0 aliphatic carbocycles. The summed E-state index contributed by atoms with van der Waals surface area (Å²) in [6, 6.07) is 9.62. The molecule has 0 aromatic heterocycles. The van der Waals surface area contributed by atoms with Crippen LogP contribution in [0.25, 0.3) is 0 Å². The zero-order valence-corrected chi connectivity index (χ0v) is 40.6. The van der Waals surface area contributed by atoms with Crippen molar-refractivity contribution in [3.8, 4) is 11.9 Å². The van der Waals surface area contributed by atoms with Crippen molar-refractivity contribution < 1.29 is 23.8 Å². The molecule has 0 atom stereocenters. The molecule has 1 N–H and O–H groups in total. The van der Waals surface area contributed by atoms with E-state index in [9.17, 15) is 14.9 Å². The summed E-state index contributed by atoms with van der Waals surface area (Å²) in [7, 11) is 0. The van der Waals surface area contributed by atoms with E-state index in [4.69, 9.17) is 14.2 Å². The fourth-order valence-corrected chi connectivity index (χ4v) is 8.25. The molecule has 62 heavy (non-hydrogen) atoms. The first-order chi connectivity index (χ1) is 30.4. The number of carbonyl (C=O) groups is 2. The van der Waals surface area contributed by atoms with E-state index in [1.54, 1.807) is 0 Å². The Hall–Kier alpha value is -3.12. The summed E-state index contributed by atoms with van der Waals surface area (Å²) in [6.07, 6.45) is 37.0. The predicted octanol–water partition coefficient (Wildman–Crippen LogP) is 14.3. The summed E-state index contributed by atoms with van der Waals surface area (Å²) in [5.41, 5.74) is 0. The van der Waals surface area contributed by atoms with Crippen LogP contribution in [0.15, 0.2) is 35.3 Å². The highest BCUT2D eigenvalue weighted by atomic mass is 16.5. The Balaban J connectivity index is 2.44. The van der Waals surface area contributed by atoms with Gasteiger partial charge in [-0.2, -0.15) is 5.26 Å². The number of nitriles is 1. The second kappa shape index (κ2) is 43.1. The summed E-state index contributed by atoms with van der Waals surface area (Å²) in [6.45, 7) is 13.8. The largest absolute Gasteiger partial charge is 0.466 e. The van der Waals surface area contributed by atoms with E-state index in [1.165, 1.54) is 103 Å². The van der Waals surface area contributed by atoms with Gasteiger partial charge in [-0.25, -0.2) is 10.3 Å². The highest BCUT2D eigenvalue weighted by molar-refractivity contribution is 5.77. The van der Waals surface area contributed by atoms with E-state index in [2.05, 4.69) is 42.9 Å². The van der Waals surface area contributed by atoms with Crippen LogP contribution < -0.4 is 10.1 Å². The normalized spacial score (nSPS) is 11.7. The number of unbranched alkanes of at least 4 members (excludes halogenated alkanes) is 16. The number of nitrogens with zero attached hydrogens (tertiary/aromatic N) is 3. The van der Waals surface area contributed by atoms with Crippen molar-refractivity contribution in [1.82, 2.24) is 10.2 Å². The molecule has 0 amide bonds. The minimum atomic E-state index is -0.0309. The lowest BCUT2D eigenvalue weighted by Gasteiger charge is -2.22. The zero-order chi connectivity index (χ0) is 45.0. The van der Waals surface area contributed by atoms with Crippen molar-refractivity contribution in [1.29, 1.82) is 5.26 Å². The Morgan fingerprint density at radius 3 is 1.42 bits per heavy atom. The van der Waals surface area contributed by atoms with E-state index in [0.29, 0.717) is 50.2 Å². The van der Waals surface area contributed by atoms with Crippen molar-refractivity contribution >= 4 is 18.0 Å². The third-order valence-corrected chi connectivity index (χ3v) is 12.2. The number of carbonyl (C=O) groups excluding carboxylic acids is 2. The highest BCUT2D eigenvalue weighted by Gasteiger charge is 2.13. The van der Waals surface area contributed by atoms with Gasteiger partial charge >= 0.3 is 18.0 Å². The molecule has 0 saturated carbocycles. The molecule has 1 aromatic rings. The molecule has 0 aliphatic rings. The summed E-state index contributed by atoms with van der Waals surface area (Å²) in [4.78, 5) is 32.0. The van der Waals surface area contributed by atoms with Crippen LogP contribution in [0, 0.1) is 23.3 Å². The number of rotatable bonds is 43. The summed E-state index contributed by atoms with van der Waals surface area (Å²) in [5, 5.41) is 11.8. The quantitative estimate of drug-likeness (QED) is 0.0172. The van der Waals surface area contributed by atoms with E-state index in [1.807, 2.05) is 36.5 Å². The molecule has 0 unspecified atom stereocenters. The second-order valence-corrected chi connectivity index (χ2v) is 17.8. The fourth-order valence-electron chi connectivity index (χ4n) is 8.25. The number of aliphatic imine (C=N–C) groups is 1. The zero-order valence-electron chi connectivity index (χ0n) is 40.6. The summed E-state index contributed by atoms with van der Waals surface area (Å²) >= 11 is 0. The number of esters is 2. The first kappa shape index (κ1) is 56.9. The first-order valence-corrected chi connectivity index (χ1v) is 25.9. The highest BCUT2D eigenvalue weighted by Crippen LogP contribution is 2.23. The number of hydrogen-bond donors (Lipinski definition) is 1. The molecular weight excluding hydrogens is 773 g/mol. The van der Waals surface area contributed by atoms with Crippen LogP contribution in [0.4, 0.5) is 0 Å². The van der Waals surface area contributed by atoms with Gasteiger partial charge in [-0.3, -0.25) is 9.59 Å². The number of amidine groups is 1. The van der Waals surface area contributed by atoms with Crippen LogP contribution in [0.5, 0.6) is 5.75 Å². The van der Waals surface area contributed by atoms with Crippen LogP contribution >= 0.6 is 0 Å². The first-order valence-electron chi connectivity index (χ1n) is 25.9. The van der Waals surface area contributed by atoms with Crippen molar-refractivity contribution in [2.75, 3.05) is 39.4 Å². The summed E-state index contributed by atoms with van der Waals surface area (Å²) < 4.78 is 17.1. The van der Waals surface area contributed by atoms with E-state index < -0.39 is 0 Å². The average molecular weight is 867 g/mol. The third-order valence-electron chi connectivity index (χ3n) is 12.2. The van der Waals surface area contributed by atoms with Crippen LogP contribution in [0.2, 0.25) is 0 Å². The number of para-hydroxylation sites is 1. The SMILES string of the molecule is CCCCCC(CCCCC)CCOC(=O)CCCCCCCN(CCCCCCCC(=O)OCCC(CCCCC)CCCCC)CCCN=C(NC#N)Oc1ccccc1. The van der Waals surface area contributed by atoms with Gasteiger partial charge in [0.2, 0.25) is 0 Å². The van der Waals surface area contributed by atoms with Gasteiger partial charge in [0.15, 0.2) is 6.19 Å². The second-order valence-electron chi connectivity index (χ2n) is 17.8. The lowest BCUT2D eigenvalue weighted by atomic mass is 9.92. The van der Waals surface area contributed by atoms with Gasteiger partial charge in [-0.15, -0.1) is 0 Å². The van der Waals surface area contributed by atoms with Gasteiger partial charge in [-0.05, 0) is 88.5 Å². The molecule has 0 aliphatic heterocycles. The van der Waals surface area contributed by atoms with Crippen LogP contribution in [-0.4, -0.2) is 62.3 Å². The molecule has 9 heteroatoms. The topological polar surface area (TPSA) is 113 Å². The standard InChI is InChI=1S/C53H94N4O5/c1-5-9-20-31-48(32-21-10-6-2)39-45-60-51(58)37-26-15-13-17-28-42-57(44-30-41-55-53(56-47-54)62-50-35-24-19-25-36-50)43-29-18-14-16-27-38-52(59)61-46-40-49(33-22-11-7-3)34-23-12-8-4/h19,24-25,35-36,48-49H,5-18,20-23,26-34,37-46H2,1-4H3,(H,55,56). The maximum Gasteiger partial charge on any atom is 0.305 e. The Morgan fingerprint density at radius 1 is 0.565 bits per heavy atom. The number of hydrogen-bond acceptors (Lipinski definition) is 8. The maximum absolute atomic E-state index is 12.5. The minimum absolute atomic E-state index is 0.0309. The summed E-state index contributed by atoms with van der Waals surface area (Å²) in [5.74, 6) is 1.96. The number of nitrogens with one attached hydrogen (secondary N) is 1. The fraction of sp³-hybridized carbons (Fsp3) is 0.811. The molecule has 1 aromatic carbocycles. The van der Waals surface area contributed by atoms with E-state index in [-0.39, 0.29) is 18.0 Å². The predicted molar refractivity (Wildman–Crippen MR) is 259 cm³/mol. The molecule has 9 nitrogen and oxygen atoms in total. The smallest absolute Gasteiger partial charge is 0.305 e. The van der Waals surface area contributed by atoms with Crippen molar-refractivity contribution in [2.24, 2.45) is 16.8 Å². The van der Waals surface area contributed by atoms with Gasteiger partial charge in [-0.1, -0.05) is 187 Å².